The van der Waals surface area contributed by atoms with Crippen molar-refractivity contribution in [3.8, 4) is 5.75 Å². The van der Waals surface area contributed by atoms with Crippen molar-refractivity contribution in [2.45, 2.75) is 25.9 Å². The van der Waals surface area contributed by atoms with Gasteiger partial charge in [-0.15, -0.1) is 0 Å². The molecular weight excluding hydrogens is 378 g/mol. The fourth-order valence-electron chi connectivity index (χ4n) is 3.09. The van der Waals surface area contributed by atoms with Crippen molar-refractivity contribution in [3.05, 3.63) is 52.4 Å². The molecule has 1 atom stereocenters. The number of carbonyl (C=O) groups excluding carboxylic acids is 1. The molecule has 26 heavy (non-hydrogen) atoms. The first-order chi connectivity index (χ1) is 12.3. The van der Waals surface area contributed by atoms with E-state index in [9.17, 15) is 13.2 Å². The number of halogens is 1. The zero-order valence-electron chi connectivity index (χ0n) is 14.6. The van der Waals surface area contributed by atoms with E-state index in [1.807, 2.05) is 13.0 Å². The molecular formula is C18H20ClNO5S. The van der Waals surface area contributed by atoms with Crippen LogP contribution in [0.4, 0.5) is 0 Å². The van der Waals surface area contributed by atoms with Gasteiger partial charge in [0.2, 0.25) is 0 Å². The summed E-state index contributed by atoms with van der Waals surface area (Å²) in [7, 11) is -1.64. The van der Waals surface area contributed by atoms with Gasteiger partial charge in [0, 0.05) is 11.6 Å². The second kappa shape index (κ2) is 7.32. The fourth-order valence-corrected chi connectivity index (χ4v) is 5.08. The van der Waals surface area contributed by atoms with Gasteiger partial charge in [0.05, 0.1) is 30.2 Å². The Morgan fingerprint density at radius 2 is 2.12 bits per heavy atom. The van der Waals surface area contributed by atoms with Gasteiger partial charge in [-0.05, 0) is 43.7 Å². The van der Waals surface area contributed by atoms with E-state index in [4.69, 9.17) is 20.8 Å². The Kier molecular flexibility index (Phi) is 5.29. The van der Waals surface area contributed by atoms with Crippen molar-refractivity contribution in [1.29, 1.82) is 0 Å². The summed E-state index contributed by atoms with van der Waals surface area (Å²) >= 11 is 6.14. The zero-order chi connectivity index (χ0) is 18.9. The smallest absolute Gasteiger partial charge is 0.254 e. The van der Waals surface area contributed by atoms with E-state index in [2.05, 4.69) is 0 Å². The van der Waals surface area contributed by atoms with Crippen molar-refractivity contribution in [3.63, 3.8) is 0 Å². The third kappa shape index (κ3) is 4.04. The van der Waals surface area contributed by atoms with Crippen LogP contribution in [0.3, 0.4) is 0 Å². The molecule has 3 rings (SSSR count). The lowest BCUT2D eigenvalue weighted by Crippen LogP contribution is -2.40. The predicted octanol–water partition coefficient (Wildman–Crippen LogP) is 3.08. The summed E-state index contributed by atoms with van der Waals surface area (Å²) in [5, 5.41) is 0.325. The Bertz CT molecular complexity index is 921. The number of rotatable bonds is 5. The van der Waals surface area contributed by atoms with Crippen LogP contribution in [0.25, 0.3) is 0 Å². The van der Waals surface area contributed by atoms with Crippen molar-refractivity contribution >= 4 is 27.3 Å². The van der Waals surface area contributed by atoms with Crippen molar-refractivity contribution in [1.82, 2.24) is 4.90 Å². The summed E-state index contributed by atoms with van der Waals surface area (Å²) in [5.74, 6) is 1.58. The molecule has 0 radical (unpaired) electrons. The van der Waals surface area contributed by atoms with Crippen LogP contribution >= 0.6 is 11.6 Å². The molecule has 0 N–H and O–H groups in total. The second-order valence-electron chi connectivity index (χ2n) is 6.35. The molecule has 0 aliphatic carbocycles. The van der Waals surface area contributed by atoms with Crippen molar-refractivity contribution < 1.29 is 22.4 Å². The quantitative estimate of drug-likeness (QED) is 0.774. The third-order valence-electron chi connectivity index (χ3n) is 4.43. The first-order valence-electron chi connectivity index (χ1n) is 8.19. The molecule has 1 aliphatic rings. The molecule has 0 unspecified atom stereocenters. The van der Waals surface area contributed by atoms with Crippen LogP contribution < -0.4 is 4.74 Å². The standard InChI is InChI=1S/C18H20ClNO5S/c1-12-3-5-15(25-12)10-20(14-7-8-26(22,23)11-14)18(21)13-4-6-17(24-2)16(19)9-13/h3-6,9,14H,7-8,10-11H2,1-2H3/t14-/m0/s1. The molecule has 1 aliphatic heterocycles. The van der Waals surface area contributed by atoms with Gasteiger partial charge in [0.1, 0.15) is 17.3 Å². The van der Waals surface area contributed by atoms with Gasteiger partial charge in [-0.1, -0.05) is 11.6 Å². The van der Waals surface area contributed by atoms with Gasteiger partial charge in [-0.3, -0.25) is 4.79 Å². The van der Waals surface area contributed by atoms with Crippen LogP contribution in [0.1, 0.15) is 28.3 Å². The summed E-state index contributed by atoms with van der Waals surface area (Å²) < 4.78 is 34.5. The van der Waals surface area contributed by atoms with E-state index in [0.717, 1.165) is 5.76 Å². The fraction of sp³-hybridized carbons (Fsp3) is 0.389. The highest BCUT2D eigenvalue weighted by molar-refractivity contribution is 7.91. The first kappa shape index (κ1) is 18.8. The number of methoxy groups -OCH3 is 1. The van der Waals surface area contributed by atoms with Crippen molar-refractivity contribution in [2.75, 3.05) is 18.6 Å². The Morgan fingerprint density at radius 1 is 1.35 bits per heavy atom. The number of nitrogens with zero attached hydrogens (tertiary/aromatic N) is 1. The molecule has 1 saturated heterocycles. The number of sulfone groups is 1. The lowest BCUT2D eigenvalue weighted by molar-refractivity contribution is 0.0665. The van der Waals surface area contributed by atoms with Crippen LogP contribution in [0.5, 0.6) is 5.75 Å². The molecule has 6 nitrogen and oxygen atoms in total. The lowest BCUT2D eigenvalue weighted by atomic mass is 10.1. The highest BCUT2D eigenvalue weighted by Crippen LogP contribution is 2.28. The minimum atomic E-state index is -3.13. The van der Waals surface area contributed by atoms with Gasteiger partial charge in [-0.2, -0.15) is 0 Å². The SMILES string of the molecule is COc1ccc(C(=O)N(Cc2ccc(C)o2)[C@H]2CCS(=O)(=O)C2)cc1Cl. The zero-order valence-corrected chi connectivity index (χ0v) is 16.1. The number of furan rings is 1. The largest absolute Gasteiger partial charge is 0.495 e. The highest BCUT2D eigenvalue weighted by Gasteiger charge is 2.35. The summed E-state index contributed by atoms with van der Waals surface area (Å²) in [6, 6.07) is 7.99. The predicted molar refractivity (Wildman–Crippen MR) is 98.4 cm³/mol. The van der Waals surface area contributed by atoms with E-state index in [1.54, 1.807) is 23.1 Å². The Balaban J connectivity index is 1.91. The van der Waals surface area contributed by atoms with E-state index in [1.165, 1.54) is 13.2 Å². The van der Waals surface area contributed by atoms with E-state index in [-0.39, 0.29) is 24.0 Å². The minimum Gasteiger partial charge on any atom is -0.495 e. The Morgan fingerprint density at radius 3 is 2.65 bits per heavy atom. The van der Waals surface area contributed by atoms with Gasteiger partial charge >= 0.3 is 0 Å². The molecule has 1 amide bonds. The number of carbonyl (C=O) groups is 1. The number of aryl methyl sites for hydroxylation is 1. The van der Waals surface area contributed by atoms with E-state index in [0.29, 0.717) is 28.5 Å². The maximum absolute atomic E-state index is 13.1. The first-order valence-corrected chi connectivity index (χ1v) is 10.4. The van der Waals surface area contributed by atoms with Crippen LogP contribution in [0.15, 0.2) is 34.7 Å². The van der Waals surface area contributed by atoms with Crippen molar-refractivity contribution in [2.24, 2.45) is 0 Å². The Labute approximate surface area is 157 Å². The molecule has 1 fully saturated rings. The normalized spacial score (nSPS) is 18.7. The lowest BCUT2D eigenvalue weighted by Gasteiger charge is -2.27. The number of benzene rings is 1. The van der Waals surface area contributed by atoms with Crippen LogP contribution in [0, 0.1) is 6.92 Å². The number of amides is 1. The number of ether oxygens (including phenoxy) is 1. The monoisotopic (exact) mass is 397 g/mol. The summed E-state index contributed by atoms with van der Waals surface area (Å²) in [6.07, 6.45) is 0.414. The molecule has 8 heteroatoms. The number of hydrogen-bond acceptors (Lipinski definition) is 5. The second-order valence-corrected chi connectivity index (χ2v) is 8.99. The Hall–Kier alpha value is -1.99. The van der Waals surface area contributed by atoms with E-state index >= 15 is 0 Å². The van der Waals surface area contributed by atoms with Gasteiger partial charge < -0.3 is 14.1 Å². The topological polar surface area (TPSA) is 76.8 Å². The third-order valence-corrected chi connectivity index (χ3v) is 6.48. The van der Waals surface area contributed by atoms with Crippen LogP contribution in [0.2, 0.25) is 5.02 Å². The van der Waals surface area contributed by atoms with Crippen LogP contribution in [-0.4, -0.2) is 43.9 Å². The maximum atomic E-state index is 13.1. The molecule has 2 heterocycles. The number of hydrogen-bond donors (Lipinski definition) is 0. The van der Waals surface area contributed by atoms with Gasteiger partial charge in [0.25, 0.3) is 5.91 Å². The van der Waals surface area contributed by atoms with Gasteiger partial charge in [0.15, 0.2) is 9.84 Å². The average Bonchev–Trinajstić information content (AvgIpc) is 3.16. The van der Waals surface area contributed by atoms with Crippen LogP contribution in [-0.2, 0) is 16.4 Å². The molecule has 1 aromatic carbocycles. The maximum Gasteiger partial charge on any atom is 0.254 e. The van der Waals surface area contributed by atoms with E-state index < -0.39 is 15.9 Å². The summed E-state index contributed by atoms with van der Waals surface area (Å²) in [5.41, 5.74) is 0.378. The molecule has 0 saturated carbocycles. The molecule has 0 spiro atoms. The minimum absolute atomic E-state index is 0.0394. The molecule has 1 aromatic heterocycles. The average molecular weight is 398 g/mol. The molecule has 140 valence electrons. The molecule has 0 bridgehead atoms. The summed E-state index contributed by atoms with van der Waals surface area (Å²) in [6.45, 7) is 2.02. The highest BCUT2D eigenvalue weighted by atomic mass is 35.5. The summed E-state index contributed by atoms with van der Waals surface area (Å²) in [4.78, 5) is 14.7. The van der Waals surface area contributed by atoms with Gasteiger partial charge in [-0.25, -0.2) is 8.42 Å². The molecule has 2 aromatic rings.